The Bertz CT molecular complexity index is 1380. The van der Waals surface area contributed by atoms with Crippen molar-refractivity contribution in [2.75, 3.05) is 24.8 Å². The second kappa shape index (κ2) is 13.1. The number of nitrogens with one attached hydrogen (secondary N) is 2. The number of pyridine rings is 1. The molecule has 1 fully saturated rings. The molecule has 226 valence electrons. The van der Waals surface area contributed by atoms with E-state index in [0.717, 1.165) is 24.1 Å². The van der Waals surface area contributed by atoms with E-state index in [1.807, 2.05) is 32.0 Å². The van der Waals surface area contributed by atoms with Gasteiger partial charge in [0.05, 0.1) is 31.0 Å². The number of nitrogens with zero attached hydrogens (tertiary/aromatic N) is 2. The largest absolute Gasteiger partial charge is 0.496 e. The van der Waals surface area contributed by atoms with E-state index < -0.39 is 29.5 Å². The molecule has 0 saturated carbocycles. The smallest absolute Gasteiger partial charge is 0.491 e. The number of halogens is 3. The molecule has 14 heteroatoms. The predicted molar refractivity (Wildman–Crippen MR) is 148 cm³/mol. The van der Waals surface area contributed by atoms with Crippen LogP contribution in [0.1, 0.15) is 49.9 Å². The third-order valence-corrected chi connectivity index (χ3v) is 7.44. The zero-order chi connectivity index (χ0) is 30.4. The summed E-state index contributed by atoms with van der Waals surface area (Å²) >= 11 is 1.17. The van der Waals surface area contributed by atoms with E-state index in [2.05, 4.69) is 25.3 Å². The fourth-order valence-electron chi connectivity index (χ4n) is 4.45. The molecule has 1 unspecified atom stereocenters. The van der Waals surface area contributed by atoms with Crippen LogP contribution in [-0.4, -0.2) is 58.9 Å². The maximum Gasteiger partial charge on any atom is 0.491 e. The van der Waals surface area contributed by atoms with Gasteiger partial charge in [-0.05, 0) is 57.4 Å². The summed E-state index contributed by atoms with van der Waals surface area (Å²) in [5.74, 6) is -3.25. The molecule has 3 heterocycles. The van der Waals surface area contributed by atoms with Crippen molar-refractivity contribution in [2.24, 2.45) is 0 Å². The first-order chi connectivity index (χ1) is 19.9. The van der Waals surface area contributed by atoms with E-state index in [1.165, 1.54) is 36.5 Å². The Hall–Kier alpha value is -3.62. The number of esters is 2. The molecular weight excluding hydrogens is 577 g/mol. The zero-order valence-electron chi connectivity index (χ0n) is 23.2. The molecule has 42 heavy (non-hydrogen) atoms. The molecule has 1 atom stereocenters. The SMILES string of the molecule is COc1cc(NC2(NC(C)(C)CCSc3ncccc3C(=O)OC(=O)C(F)(F)F)CCCCO2)ccc1-c1cnco1. The number of oxazole rings is 1. The average molecular weight is 609 g/mol. The molecule has 10 nitrogen and oxygen atoms in total. The van der Waals surface area contributed by atoms with Gasteiger partial charge in [0.25, 0.3) is 0 Å². The lowest BCUT2D eigenvalue weighted by atomic mass is 9.98. The summed E-state index contributed by atoms with van der Waals surface area (Å²) in [4.78, 5) is 31.4. The zero-order valence-corrected chi connectivity index (χ0v) is 24.1. The maximum absolute atomic E-state index is 12.6. The molecule has 4 rings (SSSR count). The lowest BCUT2D eigenvalue weighted by Gasteiger charge is -2.45. The summed E-state index contributed by atoms with van der Waals surface area (Å²) in [5.41, 5.74) is 0.801. The van der Waals surface area contributed by atoms with Crippen molar-refractivity contribution in [3.05, 3.63) is 54.7 Å². The number of anilines is 1. The number of hydrogen-bond acceptors (Lipinski definition) is 11. The van der Waals surface area contributed by atoms with E-state index in [9.17, 15) is 22.8 Å². The summed E-state index contributed by atoms with van der Waals surface area (Å²) < 4.78 is 58.9. The third-order valence-electron chi connectivity index (χ3n) is 6.43. The van der Waals surface area contributed by atoms with Crippen molar-refractivity contribution in [1.29, 1.82) is 0 Å². The number of methoxy groups -OCH3 is 1. The van der Waals surface area contributed by atoms with E-state index in [0.29, 0.717) is 36.7 Å². The number of benzene rings is 1. The number of aromatic nitrogens is 2. The molecule has 1 saturated heterocycles. The second-order valence-electron chi connectivity index (χ2n) is 10.2. The topological polar surface area (TPSA) is 125 Å². The van der Waals surface area contributed by atoms with Crippen molar-refractivity contribution in [3.63, 3.8) is 0 Å². The van der Waals surface area contributed by atoms with Crippen LogP contribution in [0.5, 0.6) is 5.75 Å². The normalized spacial score (nSPS) is 17.5. The van der Waals surface area contributed by atoms with Crippen molar-refractivity contribution in [2.45, 2.75) is 62.1 Å². The molecule has 2 N–H and O–H groups in total. The molecule has 1 aliphatic heterocycles. The van der Waals surface area contributed by atoms with Crippen LogP contribution < -0.4 is 15.4 Å². The quantitative estimate of drug-likeness (QED) is 0.119. The third kappa shape index (κ3) is 8.01. The van der Waals surface area contributed by atoms with Gasteiger partial charge in [0.1, 0.15) is 10.8 Å². The van der Waals surface area contributed by atoms with Gasteiger partial charge < -0.3 is 23.9 Å². The van der Waals surface area contributed by atoms with Crippen molar-refractivity contribution >= 4 is 29.4 Å². The number of hydrogen-bond donors (Lipinski definition) is 2. The van der Waals surface area contributed by atoms with E-state index in [4.69, 9.17) is 13.9 Å². The highest BCUT2D eigenvalue weighted by Gasteiger charge is 2.43. The molecule has 0 amide bonds. The van der Waals surface area contributed by atoms with Crippen LogP contribution in [0.4, 0.5) is 18.9 Å². The minimum Gasteiger partial charge on any atom is -0.496 e. The van der Waals surface area contributed by atoms with Crippen molar-refractivity contribution in [1.82, 2.24) is 15.3 Å². The Morgan fingerprint density at radius 1 is 1.19 bits per heavy atom. The molecular formula is C28H31F3N4O6S. The first kappa shape index (κ1) is 31.3. The van der Waals surface area contributed by atoms with E-state index >= 15 is 0 Å². The summed E-state index contributed by atoms with van der Waals surface area (Å²) in [7, 11) is 1.58. The summed E-state index contributed by atoms with van der Waals surface area (Å²) in [6, 6.07) is 8.27. The van der Waals surface area contributed by atoms with Gasteiger partial charge in [-0.3, -0.25) is 5.32 Å². The van der Waals surface area contributed by atoms with Crippen LogP contribution in [0.25, 0.3) is 11.3 Å². The van der Waals surface area contributed by atoms with Gasteiger partial charge in [-0.15, -0.1) is 11.8 Å². The number of thioether (sulfide) groups is 1. The Balaban J connectivity index is 1.43. The standard InChI is InChI=1S/C28H31F3N4O6S/c1-26(2,11-14-42-23-20(7-6-12-33-23)24(36)41-25(37)28(29,30)31)35-27(10-4-5-13-40-27)34-18-8-9-19(21(15-18)38-3)22-16-32-17-39-22/h6-9,12,15-17,34-35H,4-5,10-11,13-14H2,1-3H3. The first-order valence-corrected chi connectivity index (χ1v) is 14.1. The Labute approximate surface area is 244 Å². The molecule has 1 aliphatic rings. The van der Waals surface area contributed by atoms with E-state index in [-0.39, 0.29) is 10.6 Å². The fraction of sp³-hybridized carbons (Fsp3) is 0.429. The number of alkyl halides is 3. The van der Waals surface area contributed by atoms with Gasteiger partial charge in [0.15, 0.2) is 18.0 Å². The molecule has 0 aliphatic carbocycles. The van der Waals surface area contributed by atoms with Gasteiger partial charge in [-0.2, -0.15) is 13.2 Å². The number of carbonyl (C=O) groups excluding carboxylic acids is 2. The molecule has 2 aromatic heterocycles. The van der Waals surface area contributed by atoms with Gasteiger partial charge in [0, 0.05) is 35.7 Å². The Morgan fingerprint density at radius 3 is 2.67 bits per heavy atom. The van der Waals surface area contributed by atoms with Crippen LogP contribution in [0.15, 0.2) is 58.6 Å². The van der Waals surface area contributed by atoms with Crippen LogP contribution in [0.2, 0.25) is 0 Å². The highest BCUT2D eigenvalue weighted by atomic mass is 32.2. The summed E-state index contributed by atoms with van der Waals surface area (Å²) in [6.07, 6.45) is 2.17. The Morgan fingerprint density at radius 2 is 2.00 bits per heavy atom. The number of ether oxygens (including phenoxy) is 3. The van der Waals surface area contributed by atoms with Crippen molar-refractivity contribution in [3.8, 4) is 17.1 Å². The van der Waals surface area contributed by atoms with Crippen LogP contribution in [0.3, 0.4) is 0 Å². The van der Waals surface area contributed by atoms with E-state index in [1.54, 1.807) is 13.3 Å². The highest BCUT2D eigenvalue weighted by Crippen LogP contribution is 2.35. The monoisotopic (exact) mass is 608 g/mol. The van der Waals surface area contributed by atoms with Gasteiger partial charge in [-0.25, -0.2) is 19.6 Å². The van der Waals surface area contributed by atoms with Crippen LogP contribution in [0, 0.1) is 0 Å². The van der Waals surface area contributed by atoms with Crippen LogP contribution in [-0.2, 0) is 14.3 Å². The molecule has 1 aromatic carbocycles. The number of carbonyl (C=O) groups is 2. The van der Waals surface area contributed by atoms with Gasteiger partial charge in [0.2, 0.25) is 0 Å². The lowest BCUT2D eigenvalue weighted by molar-refractivity contribution is -0.193. The van der Waals surface area contributed by atoms with Crippen LogP contribution >= 0.6 is 11.8 Å². The minimum atomic E-state index is -5.28. The first-order valence-electron chi connectivity index (χ1n) is 13.1. The van der Waals surface area contributed by atoms with Gasteiger partial charge in [-0.1, -0.05) is 0 Å². The minimum absolute atomic E-state index is 0.161. The predicted octanol–water partition coefficient (Wildman–Crippen LogP) is 5.81. The number of rotatable bonds is 11. The average Bonchev–Trinajstić information content (AvgIpc) is 3.47. The molecule has 0 bridgehead atoms. The molecule has 0 spiro atoms. The molecule has 0 radical (unpaired) electrons. The maximum atomic E-state index is 12.6. The Kier molecular flexibility index (Phi) is 9.79. The summed E-state index contributed by atoms with van der Waals surface area (Å²) in [5, 5.41) is 7.26. The lowest BCUT2D eigenvalue weighted by Crippen LogP contribution is -2.62. The molecule has 3 aromatic rings. The highest BCUT2D eigenvalue weighted by molar-refractivity contribution is 7.99. The van der Waals surface area contributed by atoms with Gasteiger partial charge >= 0.3 is 18.1 Å². The summed E-state index contributed by atoms with van der Waals surface area (Å²) in [6.45, 7) is 4.55. The van der Waals surface area contributed by atoms with Crippen molar-refractivity contribution < 1.29 is 41.4 Å². The fourth-order valence-corrected chi connectivity index (χ4v) is 5.70. The second-order valence-corrected chi connectivity index (χ2v) is 11.3.